The van der Waals surface area contributed by atoms with E-state index in [4.69, 9.17) is 16.3 Å². The number of carboxylic acids is 1. The van der Waals surface area contributed by atoms with Crippen LogP contribution in [0, 0.1) is 5.82 Å². The largest absolute Gasteiger partial charge is 0.480 e. The summed E-state index contributed by atoms with van der Waals surface area (Å²) < 4.78 is 18.4. The highest BCUT2D eigenvalue weighted by Gasteiger charge is 2.21. The lowest BCUT2D eigenvalue weighted by Gasteiger charge is -2.15. The number of carbonyl (C=O) groups excluding carboxylic acids is 1. The Morgan fingerprint density at radius 1 is 1.17 bits per heavy atom. The predicted octanol–water partition coefficient (Wildman–Crippen LogP) is 3.40. The van der Waals surface area contributed by atoms with E-state index in [0.717, 1.165) is 11.6 Å². The first-order chi connectivity index (χ1) is 11.5. The van der Waals surface area contributed by atoms with E-state index in [9.17, 15) is 19.1 Å². The molecule has 0 radical (unpaired) electrons. The lowest BCUT2D eigenvalue weighted by Crippen LogP contribution is -2.42. The van der Waals surface area contributed by atoms with Crippen molar-refractivity contribution in [2.24, 2.45) is 0 Å². The van der Waals surface area contributed by atoms with Crippen LogP contribution in [-0.4, -0.2) is 23.2 Å². The van der Waals surface area contributed by atoms with Crippen LogP contribution in [-0.2, 0) is 22.6 Å². The van der Waals surface area contributed by atoms with Gasteiger partial charge in [-0.25, -0.2) is 14.0 Å². The van der Waals surface area contributed by atoms with Gasteiger partial charge < -0.3 is 15.2 Å². The number of hydrogen-bond acceptors (Lipinski definition) is 3. The van der Waals surface area contributed by atoms with Crippen molar-refractivity contribution in [3.63, 3.8) is 0 Å². The highest BCUT2D eigenvalue weighted by molar-refractivity contribution is 6.30. The maximum Gasteiger partial charge on any atom is 0.408 e. The van der Waals surface area contributed by atoms with Crippen LogP contribution < -0.4 is 5.32 Å². The van der Waals surface area contributed by atoms with Gasteiger partial charge in [0.2, 0.25) is 0 Å². The third-order valence-corrected chi connectivity index (χ3v) is 3.53. The molecule has 0 aliphatic carbocycles. The van der Waals surface area contributed by atoms with E-state index in [-0.39, 0.29) is 18.1 Å². The number of nitrogens with one attached hydrogen (secondary N) is 1. The van der Waals surface area contributed by atoms with E-state index < -0.39 is 23.9 Å². The van der Waals surface area contributed by atoms with E-state index in [1.807, 2.05) is 6.07 Å². The van der Waals surface area contributed by atoms with Gasteiger partial charge in [-0.05, 0) is 23.3 Å². The fourth-order valence-electron chi connectivity index (χ4n) is 2.01. The van der Waals surface area contributed by atoms with E-state index in [1.54, 1.807) is 24.3 Å². The summed E-state index contributed by atoms with van der Waals surface area (Å²) in [6.07, 6.45) is -0.954. The van der Waals surface area contributed by atoms with Crippen LogP contribution in [0.2, 0.25) is 5.02 Å². The molecule has 0 bridgehead atoms. The van der Waals surface area contributed by atoms with Gasteiger partial charge in [-0.3, -0.25) is 0 Å². The lowest BCUT2D eigenvalue weighted by atomic mass is 10.1. The second-order valence-electron chi connectivity index (χ2n) is 5.05. The summed E-state index contributed by atoms with van der Waals surface area (Å²) in [7, 11) is 0. The number of hydrogen-bond donors (Lipinski definition) is 2. The highest BCUT2D eigenvalue weighted by Crippen LogP contribution is 2.16. The van der Waals surface area contributed by atoms with Gasteiger partial charge in [0, 0.05) is 6.42 Å². The van der Waals surface area contributed by atoms with Gasteiger partial charge in [-0.2, -0.15) is 0 Å². The molecule has 2 N–H and O–H groups in total. The molecule has 2 aromatic rings. The molecule has 5 nitrogen and oxygen atoms in total. The molecule has 0 saturated carbocycles. The number of alkyl carbamates (subject to hydrolysis) is 1. The van der Waals surface area contributed by atoms with Crippen molar-refractivity contribution in [3.8, 4) is 0 Å². The van der Waals surface area contributed by atoms with Crippen LogP contribution in [0.25, 0.3) is 0 Å². The molecule has 2 rings (SSSR count). The zero-order valence-corrected chi connectivity index (χ0v) is 13.3. The number of benzene rings is 2. The quantitative estimate of drug-likeness (QED) is 0.836. The van der Waals surface area contributed by atoms with Crippen molar-refractivity contribution in [1.82, 2.24) is 5.32 Å². The van der Waals surface area contributed by atoms with Gasteiger partial charge in [0.15, 0.2) is 0 Å². The topological polar surface area (TPSA) is 75.6 Å². The fourth-order valence-corrected chi connectivity index (χ4v) is 2.13. The molecular weight excluding hydrogens is 337 g/mol. The fraction of sp³-hybridized carbons (Fsp3) is 0.176. The maximum absolute atomic E-state index is 13.4. The Balaban J connectivity index is 1.93. The van der Waals surface area contributed by atoms with E-state index in [1.165, 1.54) is 12.1 Å². The summed E-state index contributed by atoms with van der Waals surface area (Å²) in [6, 6.07) is 11.7. The van der Waals surface area contributed by atoms with Crippen molar-refractivity contribution >= 4 is 23.7 Å². The van der Waals surface area contributed by atoms with Crippen molar-refractivity contribution in [1.29, 1.82) is 0 Å². The maximum atomic E-state index is 13.4. The standard InChI is InChI=1S/C17H15ClFNO4/c18-13-7-6-12(8-14(13)19)9-15(16(21)22)20-17(23)24-10-11-4-2-1-3-5-11/h1-8,15H,9-10H2,(H,20,23)(H,21,22)/t15-/m0/s1. The molecule has 0 heterocycles. The van der Waals surface area contributed by atoms with Crippen LogP contribution in [0.5, 0.6) is 0 Å². The lowest BCUT2D eigenvalue weighted by molar-refractivity contribution is -0.139. The van der Waals surface area contributed by atoms with Crippen LogP contribution in [0.15, 0.2) is 48.5 Å². The highest BCUT2D eigenvalue weighted by atomic mass is 35.5. The Morgan fingerprint density at radius 2 is 1.88 bits per heavy atom. The molecule has 126 valence electrons. The summed E-state index contributed by atoms with van der Waals surface area (Å²) >= 11 is 5.58. The first kappa shape index (κ1) is 17.7. The average Bonchev–Trinajstić information content (AvgIpc) is 2.56. The molecule has 0 fully saturated rings. The first-order valence-corrected chi connectivity index (χ1v) is 7.47. The van der Waals surface area contributed by atoms with Crippen LogP contribution in [0.1, 0.15) is 11.1 Å². The second kappa shape index (κ2) is 8.31. The van der Waals surface area contributed by atoms with Crippen LogP contribution >= 0.6 is 11.6 Å². The Hall–Kier alpha value is -2.60. The van der Waals surface area contributed by atoms with Gasteiger partial charge in [0.25, 0.3) is 0 Å². The van der Waals surface area contributed by atoms with Gasteiger partial charge in [-0.1, -0.05) is 48.0 Å². The minimum absolute atomic E-state index is 0.0224. The Morgan fingerprint density at radius 3 is 2.50 bits per heavy atom. The van der Waals surface area contributed by atoms with Crippen LogP contribution in [0.3, 0.4) is 0 Å². The summed E-state index contributed by atoms with van der Waals surface area (Å²) in [6.45, 7) is 0.0224. The van der Waals surface area contributed by atoms with E-state index in [0.29, 0.717) is 5.56 Å². The summed E-state index contributed by atoms with van der Waals surface area (Å²) in [5.74, 6) is -1.90. The molecular formula is C17H15ClFNO4. The summed E-state index contributed by atoms with van der Waals surface area (Å²) in [5, 5.41) is 11.4. The smallest absolute Gasteiger partial charge is 0.408 e. The van der Waals surface area contributed by atoms with E-state index in [2.05, 4.69) is 5.32 Å². The molecule has 0 aliphatic heterocycles. The molecule has 0 saturated heterocycles. The zero-order chi connectivity index (χ0) is 17.5. The van der Waals surface area contributed by atoms with Gasteiger partial charge in [0.1, 0.15) is 18.5 Å². The number of amides is 1. The Bertz CT molecular complexity index is 724. The average molecular weight is 352 g/mol. The molecule has 0 unspecified atom stereocenters. The van der Waals surface area contributed by atoms with E-state index >= 15 is 0 Å². The third kappa shape index (κ3) is 5.24. The summed E-state index contributed by atoms with van der Waals surface area (Å²) in [5.41, 5.74) is 1.17. The minimum atomic E-state index is -1.25. The molecule has 0 aromatic heterocycles. The number of carbonyl (C=O) groups is 2. The molecule has 1 atom stereocenters. The minimum Gasteiger partial charge on any atom is -0.480 e. The molecule has 24 heavy (non-hydrogen) atoms. The van der Waals surface area contributed by atoms with Gasteiger partial charge >= 0.3 is 12.1 Å². The van der Waals surface area contributed by atoms with Crippen molar-refractivity contribution in [2.75, 3.05) is 0 Å². The zero-order valence-electron chi connectivity index (χ0n) is 12.5. The SMILES string of the molecule is O=C(N[C@@H](Cc1ccc(Cl)c(F)c1)C(=O)O)OCc1ccccc1. The number of ether oxygens (including phenoxy) is 1. The Labute approximate surface area is 143 Å². The third-order valence-electron chi connectivity index (χ3n) is 3.23. The number of halogens is 2. The normalized spacial score (nSPS) is 11.6. The molecule has 0 aliphatic rings. The first-order valence-electron chi connectivity index (χ1n) is 7.09. The van der Waals surface area contributed by atoms with Crippen LogP contribution in [0.4, 0.5) is 9.18 Å². The number of aliphatic carboxylic acids is 1. The number of carboxylic acid groups (broad SMARTS) is 1. The van der Waals surface area contributed by atoms with Crippen molar-refractivity contribution in [3.05, 3.63) is 70.5 Å². The molecule has 0 spiro atoms. The van der Waals surface area contributed by atoms with Gasteiger partial charge in [-0.15, -0.1) is 0 Å². The van der Waals surface area contributed by atoms with Crippen molar-refractivity contribution in [2.45, 2.75) is 19.1 Å². The Kier molecular flexibility index (Phi) is 6.14. The second-order valence-corrected chi connectivity index (χ2v) is 5.46. The predicted molar refractivity (Wildman–Crippen MR) is 86.3 cm³/mol. The van der Waals surface area contributed by atoms with Gasteiger partial charge in [0.05, 0.1) is 5.02 Å². The van der Waals surface area contributed by atoms with Crippen molar-refractivity contribution < 1.29 is 23.8 Å². The monoisotopic (exact) mass is 351 g/mol. The number of rotatable bonds is 6. The summed E-state index contributed by atoms with van der Waals surface area (Å²) in [4.78, 5) is 23.0. The molecule has 7 heteroatoms. The molecule has 2 aromatic carbocycles. The molecule has 1 amide bonds.